The minimum Gasteiger partial charge on any atom is -0.377 e. The molecule has 7 heteroatoms. The van der Waals surface area contributed by atoms with E-state index in [4.69, 9.17) is 10.6 Å². The lowest BCUT2D eigenvalue weighted by Crippen LogP contribution is -2.46. The van der Waals surface area contributed by atoms with Crippen LogP contribution < -0.4 is 11.3 Å². The number of rotatable bonds is 8. The number of ether oxygens (including phenoxy) is 1. The Morgan fingerprint density at radius 3 is 2.71 bits per heavy atom. The summed E-state index contributed by atoms with van der Waals surface area (Å²) in [7, 11) is 1.74. The molecule has 0 saturated carbocycles. The molecule has 2 atom stereocenters. The molecule has 7 nitrogen and oxygen atoms in total. The van der Waals surface area contributed by atoms with E-state index in [9.17, 15) is 0 Å². The number of hydrogen-bond donors (Lipinski definition) is 2. The van der Waals surface area contributed by atoms with Gasteiger partial charge in [-0.2, -0.15) is 4.80 Å². The summed E-state index contributed by atoms with van der Waals surface area (Å²) in [6.07, 6.45) is 2.72. The molecule has 0 aliphatic carbocycles. The molecule has 17 heavy (non-hydrogen) atoms. The van der Waals surface area contributed by atoms with Gasteiger partial charge in [-0.25, -0.2) is 0 Å². The molecule has 98 valence electrons. The van der Waals surface area contributed by atoms with Gasteiger partial charge in [0.15, 0.2) is 5.82 Å². The molecule has 3 N–H and O–H groups in total. The van der Waals surface area contributed by atoms with E-state index < -0.39 is 0 Å². The third-order valence-electron chi connectivity index (χ3n) is 2.57. The summed E-state index contributed by atoms with van der Waals surface area (Å²) in [4.78, 5) is 1.44. The Kier molecular flexibility index (Phi) is 6.03. The van der Waals surface area contributed by atoms with Gasteiger partial charge in [-0.1, -0.05) is 13.3 Å². The normalized spacial score (nSPS) is 14.8. The summed E-state index contributed by atoms with van der Waals surface area (Å²) >= 11 is 0. The fourth-order valence-electron chi connectivity index (χ4n) is 1.80. The van der Waals surface area contributed by atoms with Crippen molar-refractivity contribution in [3.05, 3.63) is 5.82 Å². The number of nitrogens with two attached hydrogens (primary N) is 1. The average molecular weight is 242 g/mol. The Bertz CT molecular complexity index is 309. The van der Waals surface area contributed by atoms with Crippen LogP contribution in [-0.2, 0) is 18.2 Å². The smallest absolute Gasteiger partial charge is 0.176 e. The highest BCUT2D eigenvalue weighted by molar-refractivity contribution is 4.88. The molecule has 0 bridgehead atoms. The quantitative estimate of drug-likeness (QED) is 0.484. The lowest BCUT2D eigenvalue weighted by molar-refractivity contribution is 0.0276. The van der Waals surface area contributed by atoms with Gasteiger partial charge in [0.1, 0.15) is 0 Å². The maximum atomic E-state index is 5.69. The van der Waals surface area contributed by atoms with Crippen LogP contribution in [0.3, 0.4) is 0 Å². The van der Waals surface area contributed by atoms with Gasteiger partial charge in [0.2, 0.25) is 0 Å². The van der Waals surface area contributed by atoms with Crippen molar-refractivity contribution in [1.29, 1.82) is 0 Å². The first-order valence-corrected chi connectivity index (χ1v) is 6.01. The second-order valence-electron chi connectivity index (χ2n) is 3.95. The van der Waals surface area contributed by atoms with Gasteiger partial charge in [-0.15, -0.1) is 10.2 Å². The zero-order valence-electron chi connectivity index (χ0n) is 10.8. The fraction of sp³-hybridized carbons (Fsp3) is 0.900. The fourth-order valence-corrected chi connectivity index (χ4v) is 1.80. The Morgan fingerprint density at radius 2 is 2.24 bits per heavy atom. The van der Waals surface area contributed by atoms with E-state index in [0.717, 1.165) is 12.8 Å². The van der Waals surface area contributed by atoms with Crippen molar-refractivity contribution in [2.75, 3.05) is 6.61 Å². The molecule has 1 aromatic heterocycles. The summed E-state index contributed by atoms with van der Waals surface area (Å²) < 4.78 is 5.69. The van der Waals surface area contributed by atoms with Gasteiger partial charge in [0, 0.05) is 13.0 Å². The van der Waals surface area contributed by atoms with Crippen LogP contribution in [-0.4, -0.2) is 39.0 Å². The highest BCUT2D eigenvalue weighted by Crippen LogP contribution is 2.10. The zero-order valence-corrected chi connectivity index (χ0v) is 10.8. The molecule has 1 rings (SSSR count). The van der Waals surface area contributed by atoms with E-state index in [2.05, 4.69) is 27.8 Å². The predicted molar refractivity (Wildman–Crippen MR) is 63.9 cm³/mol. The van der Waals surface area contributed by atoms with E-state index in [1.54, 1.807) is 7.05 Å². The van der Waals surface area contributed by atoms with Crippen molar-refractivity contribution < 1.29 is 4.74 Å². The van der Waals surface area contributed by atoms with Crippen LogP contribution in [0.25, 0.3) is 0 Å². The molecule has 0 amide bonds. The van der Waals surface area contributed by atoms with Crippen LogP contribution in [0.4, 0.5) is 0 Å². The summed E-state index contributed by atoms with van der Waals surface area (Å²) in [5.41, 5.74) is 2.79. The van der Waals surface area contributed by atoms with Gasteiger partial charge in [-0.05, 0) is 18.6 Å². The number of tetrazole rings is 1. The number of nitrogens with one attached hydrogen (secondary N) is 1. The number of hydrazine groups is 1. The van der Waals surface area contributed by atoms with Crippen LogP contribution in [0.5, 0.6) is 0 Å². The standard InChI is InChI=1S/C10H22N6O/c1-4-6-9(17-5-2)8(12-11)7-10-13-15-16(3)14-10/h8-9,12H,4-7,11H2,1-3H3. The maximum absolute atomic E-state index is 5.69. The maximum Gasteiger partial charge on any atom is 0.176 e. The van der Waals surface area contributed by atoms with Gasteiger partial charge >= 0.3 is 0 Å². The highest BCUT2D eigenvalue weighted by Gasteiger charge is 2.22. The molecule has 0 radical (unpaired) electrons. The average Bonchev–Trinajstić information content (AvgIpc) is 2.72. The second-order valence-corrected chi connectivity index (χ2v) is 3.95. The highest BCUT2D eigenvalue weighted by atomic mass is 16.5. The van der Waals surface area contributed by atoms with Crippen LogP contribution >= 0.6 is 0 Å². The molecule has 0 aromatic carbocycles. The Morgan fingerprint density at radius 1 is 1.47 bits per heavy atom. The molecule has 0 spiro atoms. The van der Waals surface area contributed by atoms with Gasteiger partial charge in [0.25, 0.3) is 0 Å². The van der Waals surface area contributed by atoms with E-state index in [-0.39, 0.29) is 12.1 Å². The summed E-state index contributed by atoms with van der Waals surface area (Å²) in [5, 5.41) is 11.9. The zero-order chi connectivity index (χ0) is 12.7. The minimum atomic E-state index is 0.0131. The first-order chi connectivity index (χ1) is 8.21. The summed E-state index contributed by atoms with van der Waals surface area (Å²) in [6, 6.07) is 0.0131. The van der Waals surface area contributed by atoms with Crippen LogP contribution in [0.2, 0.25) is 0 Å². The molecule has 1 heterocycles. The van der Waals surface area contributed by atoms with Crippen molar-refractivity contribution in [1.82, 2.24) is 25.6 Å². The molecule has 1 aromatic rings. The molecule has 0 aliphatic heterocycles. The minimum absolute atomic E-state index is 0.0131. The van der Waals surface area contributed by atoms with Gasteiger partial charge < -0.3 is 4.74 Å². The third kappa shape index (κ3) is 4.37. The van der Waals surface area contributed by atoms with E-state index in [0.29, 0.717) is 18.9 Å². The number of aromatic nitrogens is 4. The molecule has 0 saturated heterocycles. The van der Waals surface area contributed by atoms with Crippen LogP contribution in [0.1, 0.15) is 32.5 Å². The monoisotopic (exact) mass is 242 g/mol. The van der Waals surface area contributed by atoms with Crippen LogP contribution in [0, 0.1) is 0 Å². The third-order valence-corrected chi connectivity index (χ3v) is 2.57. The van der Waals surface area contributed by atoms with Crippen molar-refractivity contribution >= 4 is 0 Å². The summed E-state index contributed by atoms with van der Waals surface area (Å²) in [5.74, 6) is 6.25. The molecule has 2 unspecified atom stereocenters. The summed E-state index contributed by atoms with van der Waals surface area (Å²) in [6.45, 7) is 4.79. The Hall–Kier alpha value is -1.05. The second kappa shape index (κ2) is 7.31. The number of nitrogens with zero attached hydrogens (tertiary/aromatic N) is 4. The van der Waals surface area contributed by atoms with Gasteiger partial charge in [-0.3, -0.25) is 11.3 Å². The topological polar surface area (TPSA) is 90.9 Å². The molecular formula is C10H22N6O. The first kappa shape index (κ1) is 14.0. The molecule has 0 fully saturated rings. The predicted octanol–water partition coefficient (Wildman–Crippen LogP) is -0.210. The Balaban J connectivity index is 2.61. The van der Waals surface area contributed by atoms with E-state index in [1.165, 1.54) is 4.80 Å². The number of aryl methyl sites for hydroxylation is 1. The van der Waals surface area contributed by atoms with Crippen molar-refractivity contribution in [2.24, 2.45) is 12.9 Å². The van der Waals surface area contributed by atoms with Gasteiger partial charge in [0.05, 0.1) is 19.2 Å². The Labute approximate surface area is 102 Å². The first-order valence-electron chi connectivity index (χ1n) is 6.01. The SMILES string of the molecule is CCCC(OCC)C(Cc1nnn(C)n1)NN. The van der Waals surface area contributed by atoms with Crippen LogP contribution in [0.15, 0.2) is 0 Å². The van der Waals surface area contributed by atoms with Crippen molar-refractivity contribution in [3.63, 3.8) is 0 Å². The van der Waals surface area contributed by atoms with Crippen molar-refractivity contribution in [2.45, 2.75) is 45.3 Å². The van der Waals surface area contributed by atoms with E-state index >= 15 is 0 Å². The lowest BCUT2D eigenvalue weighted by Gasteiger charge is -2.25. The van der Waals surface area contributed by atoms with E-state index in [1.807, 2.05) is 6.92 Å². The molecular weight excluding hydrogens is 220 g/mol. The molecule has 0 aliphatic rings. The largest absolute Gasteiger partial charge is 0.377 e. The number of hydrogen-bond acceptors (Lipinski definition) is 6. The lowest BCUT2D eigenvalue weighted by atomic mass is 10.0. The van der Waals surface area contributed by atoms with Crippen molar-refractivity contribution in [3.8, 4) is 0 Å².